The van der Waals surface area contributed by atoms with Crippen molar-refractivity contribution in [1.82, 2.24) is 0 Å². The number of carbonyl (C=O) groups excluding carboxylic acids is 1. The fraction of sp³-hybridized carbons (Fsp3) is 0.235. The van der Waals surface area contributed by atoms with Crippen LogP contribution in [0.1, 0.15) is 24.1 Å². The van der Waals surface area contributed by atoms with Gasteiger partial charge in [0, 0.05) is 11.6 Å². The van der Waals surface area contributed by atoms with Gasteiger partial charge < -0.3 is 10.6 Å². The SMILES string of the molecule is Cc1ccc(NC(=O)C[NH2+][C@@H](C)c2ccc(F)cc2F)c(F)c1. The number of benzene rings is 2. The van der Waals surface area contributed by atoms with Gasteiger partial charge in [0.05, 0.1) is 5.69 Å². The summed E-state index contributed by atoms with van der Waals surface area (Å²) in [5.41, 5.74) is 1.17. The molecule has 0 aliphatic carbocycles. The first-order valence-electron chi connectivity index (χ1n) is 7.21. The number of hydrogen-bond donors (Lipinski definition) is 2. The summed E-state index contributed by atoms with van der Waals surface area (Å²) in [7, 11) is 0. The molecule has 0 saturated heterocycles. The highest BCUT2D eigenvalue weighted by atomic mass is 19.1. The Morgan fingerprint density at radius 2 is 1.87 bits per heavy atom. The molecule has 0 saturated carbocycles. The molecule has 122 valence electrons. The molecule has 0 heterocycles. The van der Waals surface area contributed by atoms with Crippen molar-refractivity contribution in [2.75, 3.05) is 11.9 Å². The maximum atomic E-state index is 13.7. The van der Waals surface area contributed by atoms with Gasteiger partial charge in [0.1, 0.15) is 23.5 Å². The van der Waals surface area contributed by atoms with E-state index in [1.165, 1.54) is 24.3 Å². The van der Waals surface area contributed by atoms with Crippen LogP contribution in [0.2, 0.25) is 0 Å². The maximum absolute atomic E-state index is 13.7. The molecule has 0 aromatic heterocycles. The van der Waals surface area contributed by atoms with Crippen LogP contribution in [0.3, 0.4) is 0 Å². The van der Waals surface area contributed by atoms with Crippen LogP contribution in [0.25, 0.3) is 0 Å². The number of rotatable bonds is 5. The quantitative estimate of drug-likeness (QED) is 0.873. The number of amides is 1. The lowest BCUT2D eigenvalue weighted by Gasteiger charge is -2.12. The second-order valence-corrected chi connectivity index (χ2v) is 5.43. The van der Waals surface area contributed by atoms with E-state index in [-0.39, 0.29) is 18.3 Å². The predicted octanol–water partition coefficient (Wildman–Crippen LogP) is 2.68. The average molecular weight is 323 g/mol. The predicted molar refractivity (Wildman–Crippen MR) is 81.3 cm³/mol. The van der Waals surface area contributed by atoms with Crippen LogP contribution in [0.15, 0.2) is 36.4 Å². The molecular weight excluding hydrogens is 305 g/mol. The van der Waals surface area contributed by atoms with Crippen LogP contribution in [-0.4, -0.2) is 12.5 Å². The van der Waals surface area contributed by atoms with Crippen molar-refractivity contribution >= 4 is 11.6 Å². The number of halogens is 3. The van der Waals surface area contributed by atoms with E-state index in [1.54, 1.807) is 25.2 Å². The highest BCUT2D eigenvalue weighted by Crippen LogP contribution is 2.16. The third-order valence-electron chi connectivity index (χ3n) is 3.51. The summed E-state index contributed by atoms with van der Waals surface area (Å²) >= 11 is 0. The fourth-order valence-electron chi connectivity index (χ4n) is 2.20. The van der Waals surface area contributed by atoms with Crippen LogP contribution in [0, 0.1) is 24.4 Å². The minimum atomic E-state index is -0.654. The first-order valence-corrected chi connectivity index (χ1v) is 7.21. The molecule has 3 N–H and O–H groups in total. The van der Waals surface area contributed by atoms with E-state index in [2.05, 4.69) is 5.32 Å². The summed E-state index contributed by atoms with van der Waals surface area (Å²) in [6, 6.07) is 7.47. The number of carbonyl (C=O) groups is 1. The Morgan fingerprint density at radius 3 is 2.52 bits per heavy atom. The summed E-state index contributed by atoms with van der Waals surface area (Å²) < 4.78 is 40.2. The molecule has 2 rings (SSSR count). The normalized spacial score (nSPS) is 12.0. The Hall–Kier alpha value is -2.34. The largest absolute Gasteiger partial charge is 0.332 e. The standard InChI is InChI=1S/C17H17F3N2O/c1-10-3-6-16(15(20)7-10)22-17(23)9-21-11(2)13-5-4-12(18)8-14(13)19/h3-8,11,21H,9H2,1-2H3,(H,22,23)/p+1/t11-/m0/s1. The smallest absolute Gasteiger partial charge is 0.279 e. The molecule has 6 heteroatoms. The van der Waals surface area contributed by atoms with Crippen molar-refractivity contribution in [3.05, 3.63) is 65.0 Å². The van der Waals surface area contributed by atoms with Crippen LogP contribution >= 0.6 is 0 Å². The van der Waals surface area contributed by atoms with Gasteiger partial charge in [-0.25, -0.2) is 13.2 Å². The molecule has 0 aliphatic rings. The first kappa shape index (κ1) is 17.0. The lowest BCUT2D eigenvalue weighted by molar-refractivity contribution is -0.682. The maximum Gasteiger partial charge on any atom is 0.279 e. The van der Waals surface area contributed by atoms with Crippen LogP contribution in [-0.2, 0) is 4.79 Å². The number of hydrogen-bond acceptors (Lipinski definition) is 1. The van der Waals surface area contributed by atoms with Gasteiger partial charge in [-0.15, -0.1) is 0 Å². The minimum Gasteiger partial charge on any atom is -0.332 e. The van der Waals surface area contributed by atoms with Crippen LogP contribution in [0.4, 0.5) is 18.9 Å². The number of anilines is 1. The number of nitrogens with one attached hydrogen (secondary N) is 1. The first-order chi connectivity index (χ1) is 10.9. The second kappa shape index (κ2) is 7.28. The summed E-state index contributed by atoms with van der Waals surface area (Å²) in [6.45, 7) is 3.45. The van der Waals surface area contributed by atoms with Gasteiger partial charge >= 0.3 is 0 Å². The number of quaternary nitrogens is 1. The van der Waals surface area contributed by atoms with E-state index in [0.717, 1.165) is 11.6 Å². The zero-order valence-electron chi connectivity index (χ0n) is 12.9. The van der Waals surface area contributed by atoms with Gasteiger partial charge in [-0.3, -0.25) is 4.79 Å². The zero-order valence-corrected chi connectivity index (χ0v) is 12.9. The topological polar surface area (TPSA) is 45.7 Å². The van der Waals surface area contributed by atoms with E-state index in [9.17, 15) is 18.0 Å². The van der Waals surface area contributed by atoms with Crippen molar-refractivity contribution in [3.8, 4) is 0 Å². The van der Waals surface area contributed by atoms with E-state index in [0.29, 0.717) is 5.56 Å². The summed E-state index contributed by atoms with van der Waals surface area (Å²) in [6.07, 6.45) is 0. The third kappa shape index (κ3) is 4.56. The summed E-state index contributed by atoms with van der Waals surface area (Å²) in [5.74, 6) is -2.21. The van der Waals surface area contributed by atoms with E-state index in [4.69, 9.17) is 0 Å². The Kier molecular flexibility index (Phi) is 5.39. The van der Waals surface area contributed by atoms with Crippen molar-refractivity contribution in [1.29, 1.82) is 0 Å². The van der Waals surface area contributed by atoms with Crippen molar-refractivity contribution in [2.45, 2.75) is 19.9 Å². The summed E-state index contributed by atoms with van der Waals surface area (Å²) in [5, 5.41) is 4.06. The summed E-state index contributed by atoms with van der Waals surface area (Å²) in [4.78, 5) is 11.9. The van der Waals surface area contributed by atoms with E-state index in [1.807, 2.05) is 0 Å². The van der Waals surface area contributed by atoms with E-state index < -0.39 is 23.4 Å². The molecule has 23 heavy (non-hydrogen) atoms. The zero-order chi connectivity index (χ0) is 17.0. The Morgan fingerprint density at radius 1 is 1.13 bits per heavy atom. The molecule has 0 aliphatic heterocycles. The van der Waals surface area contributed by atoms with Crippen molar-refractivity contribution < 1.29 is 23.3 Å². The molecule has 2 aromatic carbocycles. The molecule has 3 nitrogen and oxygen atoms in total. The Labute approximate surface area is 132 Å². The fourth-order valence-corrected chi connectivity index (χ4v) is 2.20. The molecule has 0 spiro atoms. The average Bonchev–Trinajstić information content (AvgIpc) is 2.48. The van der Waals surface area contributed by atoms with Gasteiger partial charge in [0.25, 0.3) is 5.91 Å². The van der Waals surface area contributed by atoms with Gasteiger partial charge in [-0.2, -0.15) is 0 Å². The van der Waals surface area contributed by atoms with Crippen LogP contribution in [0.5, 0.6) is 0 Å². The molecule has 0 unspecified atom stereocenters. The minimum absolute atomic E-state index is 0.00863. The second-order valence-electron chi connectivity index (χ2n) is 5.43. The number of nitrogens with two attached hydrogens (primary N) is 1. The highest BCUT2D eigenvalue weighted by molar-refractivity contribution is 5.91. The molecule has 2 aromatic rings. The molecule has 0 bridgehead atoms. The molecule has 0 fully saturated rings. The lowest BCUT2D eigenvalue weighted by atomic mass is 10.1. The molecule has 1 atom stereocenters. The van der Waals surface area contributed by atoms with E-state index >= 15 is 0 Å². The van der Waals surface area contributed by atoms with Gasteiger partial charge in [0.2, 0.25) is 0 Å². The monoisotopic (exact) mass is 323 g/mol. The van der Waals surface area contributed by atoms with Gasteiger partial charge in [-0.05, 0) is 43.7 Å². The lowest BCUT2D eigenvalue weighted by Crippen LogP contribution is -2.86. The van der Waals surface area contributed by atoms with Crippen LogP contribution < -0.4 is 10.6 Å². The van der Waals surface area contributed by atoms with Crippen molar-refractivity contribution in [2.24, 2.45) is 0 Å². The molecular formula is C17H18F3N2O+. The van der Waals surface area contributed by atoms with Crippen molar-refractivity contribution in [3.63, 3.8) is 0 Å². The van der Waals surface area contributed by atoms with Gasteiger partial charge in [0.15, 0.2) is 6.54 Å². The highest BCUT2D eigenvalue weighted by Gasteiger charge is 2.16. The molecule has 0 radical (unpaired) electrons. The van der Waals surface area contributed by atoms with Gasteiger partial charge in [-0.1, -0.05) is 6.07 Å². The molecule has 1 amide bonds. The third-order valence-corrected chi connectivity index (χ3v) is 3.51. The number of aryl methyl sites for hydroxylation is 1. The Balaban J connectivity index is 1.93. The Bertz CT molecular complexity index is 719.